The standard InChI is InChI=1S/C17H15ClN6/c18-9-14-10-23-24(11-14)17(6-2-4-8-20-17)16(12-21-22-13-16)15-5-1-3-7-19-15/h1-8,10-13,20H,9H2. The van der Waals surface area contributed by atoms with Gasteiger partial charge >= 0.3 is 0 Å². The van der Waals surface area contributed by atoms with E-state index in [-0.39, 0.29) is 0 Å². The Morgan fingerprint density at radius 3 is 2.67 bits per heavy atom. The van der Waals surface area contributed by atoms with Gasteiger partial charge in [0.2, 0.25) is 0 Å². The molecule has 0 aliphatic carbocycles. The Morgan fingerprint density at radius 2 is 2.04 bits per heavy atom. The highest BCUT2D eigenvalue weighted by Gasteiger charge is 2.54. The highest BCUT2D eigenvalue weighted by atomic mass is 35.5. The lowest BCUT2D eigenvalue weighted by Crippen LogP contribution is -2.61. The molecule has 0 saturated carbocycles. The van der Waals surface area contributed by atoms with Crippen LogP contribution in [0.5, 0.6) is 0 Å². The maximum atomic E-state index is 5.97. The van der Waals surface area contributed by atoms with Crippen molar-refractivity contribution < 1.29 is 0 Å². The van der Waals surface area contributed by atoms with E-state index in [9.17, 15) is 0 Å². The van der Waals surface area contributed by atoms with E-state index in [1.54, 1.807) is 24.8 Å². The maximum absolute atomic E-state index is 5.97. The van der Waals surface area contributed by atoms with E-state index in [4.69, 9.17) is 11.6 Å². The summed E-state index contributed by atoms with van der Waals surface area (Å²) in [6.07, 6.45) is 16.9. The molecule has 1 N–H and O–H groups in total. The number of halogens is 1. The third-order valence-corrected chi connectivity index (χ3v) is 4.62. The molecule has 2 aliphatic heterocycles. The molecule has 0 bridgehead atoms. The van der Waals surface area contributed by atoms with E-state index < -0.39 is 11.1 Å². The van der Waals surface area contributed by atoms with Gasteiger partial charge in [0.15, 0.2) is 5.66 Å². The van der Waals surface area contributed by atoms with E-state index in [1.807, 2.05) is 53.5 Å². The number of alkyl halides is 1. The van der Waals surface area contributed by atoms with Gasteiger partial charge in [-0.25, -0.2) is 4.68 Å². The van der Waals surface area contributed by atoms with Gasteiger partial charge in [-0.1, -0.05) is 12.1 Å². The Hall–Kier alpha value is -2.73. The van der Waals surface area contributed by atoms with E-state index >= 15 is 0 Å². The number of dihydropyridines is 1. The van der Waals surface area contributed by atoms with Crippen LogP contribution in [0.3, 0.4) is 0 Å². The quantitative estimate of drug-likeness (QED) is 0.870. The van der Waals surface area contributed by atoms with E-state index in [0.717, 1.165) is 11.3 Å². The summed E-state index contributed by atoms with van der Waals surface area (Å²) >= 11 is 5.97. The van der Waals surface area contributed by atoms with Gasteiger partial charge in [-0.2, -0.15) is 15.3 Å². The van der Waals surface area contributed by atoms with Crippen LogP contribution in [0.15, 0.2) is 71.4 Å². The molecule has 0 amide bonds. The molecule has 7 heteroatoms. The van der Waals surface area contributed by atoms with Crippen LogP contribution < -0.4 is 5.32 Å². The van der Waals surface area contributed by atoms with Crippen molar-refractivity contribution in [1.82, 2.24) is 20.1 Å². The number of hydrogen-bond donors (Lipinski definition) is 1. The summed E-state index contributed by atoms with van der Waals surface area (Å²) < 4.78 is 1.85. The maximum Gasteiger partial charge on any atom is 0.171 e. The zero-order chi connectivity index (χ0) is 16.5. The molecule has 0 radical (unpaired) electrons. The average molecular weight is 339 g/mol. The molecule has 1 atom stereocenters. The minimum Gasteiger partial charge on any atom is -0.363 e. The van der Waals surface area contributed by atoms with Gasteiger partial charge < -0.3 is 5.32 Å². The zero-order valence-corrected chi connectivity index (χ0v) is 13.5. The van der Waals surface area contributed by atoms with Crippen molar-refractivity contribution in [3.05, 3.63) is 72.5 Å². The van der Waals surface area contributed by atoms with Crippen molar-refractivity contribution >= 4 is 24.0 Å². The van der Waals surface area contributed by atoms with E-state index in [1.165, 1.54) is 0 Å². The summed E-state index contributed by atoms with van der Waals surface area (Å²) in [7, 11) is 0. The summed E-state index contributed by atoms with van der Waals surface area (Å²) in [6.45, 7) is 0. The van der Waals surface area contributed by atoms with Gasteiger partial charge in [0, 0.05) is 30.4 Å². The van der Waals surface area contributed by atoms with Crippen molar-refractivity contribution in [1.29, 1.82) is 0 Å². The highest BCUT2D eigenvalue weighted by molar-refractivity contribution is 6.17. The van der Waals surface area contributed by atoms with Crippen LogP contribution in [0, 0.1) is 0 Å². The SMILES string of the molecule is ClCc1cnn(C2(C3(c4ccccn4)C=NN=C3)C=CC=CN2)c1. The number of nitrogens with one attached hydrogen (secondary N) is 1. The number of hydrogen-bond acceptors (Lipinski definition) is 5. The highest BCUT2D eigenvalue weighted by Crippen LogP contribution is 2.39. The summed E-state index contributed by atoms with van der Waals surface area (Å²) in [5, 5.41) is 16.2. The molecular formula is C17H15ClN6. The normalized spacial score (nSPS) is 23.5. The molecular weight excluding hydrogens is 324 g/mol. The number of pyridine rings is 1. The van der Waals surface area contributed by atoms with Gasteiger partial charge in [-0.15, -0.1) is 11.6 Å². The molecule has 24 heavy (non-hydrogen) atoms. The number of aromatic nitrogens is 3. The molecule has 0 spiro atoms. The first-order valence-corrected chi connectivity index (χ1v) is 8.06. The predicted octanol–water partition coefficient (Wildman–Crippen LogP) is 2.35. The zero-order valence-electron chi connectivity index (χ0n) is 12.7. The second-order valence-corrected chi connectivity index (χ2v) is 5.90. The van der Waals surface area contributed by atoms with Crippen molar-refractivity contribution in [3.63, 3.8) is 0 Å². The number of nitrogens with zero attached hydrogens (tertiary/aromatic N) is 5. The van der Waals surface area contributed by atoms with Crippen molar-refractivity contribution in [2.24, 2.45) is 10.2 Å². The largest absolute Gasteiger partial charge is 0.363 e. The number of rotatable bonds is 4. The van der Waals surface area contributed by atoms with Crippen LogP contribution in [-0.2, 0) is 17.0 Å². The molecule has 4 heterocycles. The molecule has 2 aromatic heterocycles. The summed E-state index contributed by atoms with van der Waals surface area (Å²) in [5.74, 6) is 0.397. The van der Waals surface area contributed by atoms with Crippen LogP contribution >= 0.6 is 11.6 Å². The van der Waals surface area contributed by atoms with E-state index in [2.05, 4.69) is 25.6 Å². The van der Waals surface area contributed by atoms with Gasteiger partial charge in [0.05, 0.1) is 17.8 Å². The van der Waals surface area contributed by atoms with Crippen molar-refractivity contribution in [3.8, 4) is 0 Å². The lowest BCUT2D eigenvalue weighted by atomic mass is 9.73. The van der Waals surface area contributed by atoms with Crippen LogP contribution in [0.1, 0.15) is 11.3 Å². The summed E-state index contributed by atoms with van der Waals surface area (Å²) in [4.78, 5) is 4.56. The molecule has 120 valence electrons. The lowest BCUT2D eigenvalue weighted by Gasteiger charge is -2.44. The number of allylic oxidation sites excluding steroid dienone is 2. The minimum atomic E-state index is -0.760. The second-order valence-electron chi connectivity index (χ2n) is 5.63. The summed E-state index contributed by atoms with van der Waals surface area (Å²) in [5.41, 5.74) is 0.281. The van der Waals surface area contributed by atoms with Crippen LogP contribution in [-0.4, -0.2) is 27.2 Å². The van der Waals surface area contributed by atoms with Gasteiger partial charge in [-0.3, -0.25) is 4.98 Å². The fourth-order valence-corrected chi connectivity index (χ4v) is 3.24. The van der Waals surface area contributed by atoms with Gasteiger partial charge in [-0.05, 0) is 30.5 Å². The van der Waals surface area contributed by atoms with Crippen LogP contribution in [0.25, 0.3) is 0 Å². The molecule has 0 saturated heterocycles. The Labute approximate surface area is 144 Å². The summed E-state index contributed by atoms with van der Waals surface area (Å²) in [6, 6.07) is 5.80. The first-order chi connectivity index (χ1) is 11.8. The topological polar surface area (TPSA) is 67.5 Å². The third kappa shape index (κ3) is 2.03. The molecule has 0 aromatic carbocycles. The van der Waals surface area contributed by atoms with Crippen molar-refractivity contribution in [2.45, 2.75) is 17.0 Å². The predicted molar refractivity (Wildman–Crippen MR) is 94.1 cm³/mol. The smallest absolute Gasteiger partial charge is 0.171 e. The van der Waals surface area contributed by atoms with Crippen LogP contribution in [0.2, 0.25) is 0 Å². The molecule has 6 nitrogen and oxygen atoms in total. The van der Waals surface area contributed by atoms with Gasteiger partial charge in [0.25, 0.3) is 0 Å². The van der Waals surface area contributed by atoms with Crippen molar-refractivity contribution in [2.75, 3.05) is 0 Å². The fraction of sp³-hybridized carbons (Fsp3) is 0.176. The van der Waals surface area contributed by atoms with E-state index in [0.29, 0.717) is 5.88 Å². The lowest BCUT2D eigenvalue weighted by molar-refractivity contribution is 0.240. The van der Waals surface area contributed by atoms with Gasteiger partial charge in [0.1, 0.15) is 5.41 Å². The molecule has 1 unspecified atom stereocenters. The average Bonchev–Trinajstić information content (AvgIpc) is 3.34. The Balaban J connectivity index is 1.96. The third-order valence-electron chi connectivity index (χ3n) is 4.31. The Kier molecular flexibility index (Phi) is 3.54. The minimum absolute atomic E-state index is 0.397. The molecule has 2 aliphatic rings. The molecule has 0 fully saturated rings. The molecule has 2 aromatic rings. The first kappa shape index (κ1) is 14.8. The van der Waals surface area contributed by atoms with Crippen LogP contribution in [0.4, 0.5) is 0 Å². The monoisotopic (exact) mass is 338 g/mol. The molecule has 4 rings (SSSR count). The Morgan fingerprint density at radius 1 is 1.17 bits per heavy atom. The Bertz CT molecular complexity index is 839. The fourth-order valence-electron chi connectivity index (χ4n) is 3.10. The first-order valence-electron chi connectivity index (χ1n) is 7.53. The second kappa shape index (κ2) is 5.72.